The molecule has 2 N–H and O–H groups in total. The zero-order valence-corrected chi connectivity index (χ0v) is 8.09. The van der Waals surface area contributed by atoms with E-state index in [1.807, 2.05) is 0 Å². The maximum Gasteiger partial charge on any atom is 0.228 e. The molecule has 1 unspecified atom stereocenters. The second-order valence-electron chi connectivity index (χ2n) is 3.52. The third kappa shape index (κ3) is 1.73. The molecule has 2 rings (SSSR count). The molecule has 0 aromatic carbocycles. The fourth-order valence-corrected chi connectivity index (χ4v) is 1.70. The zero-order chi connectivity index (χ0) is 10.8. The lowest BCUT2D eigenvalue weighted by Gasteiger charge is -2.17. The number of rotatable bonds is 2. The summed E-state index contributed by atoms with van der Waals surface area (Å²) in [5.41, 5.74) is 6.69. The normalized spacial score (nSPS) is 20.7. The monoisotopic (exact) mass is 205 g/mol. The SMILES string of the molecule is NC1CC(=O)N(c2ccncc2C=O)C1. The van der Waals surface area contributed by atoms with Crippen molar-refractivity contribution in [1.29, 1.82) is 0 Å². The topological polar surface area (TPSA) is 76.3 Å². The van der Waals surface area contributed by atoms with Gasteiger partial charge in [0.15, 0.2) is 6.29 Å². The van der Waals surface area contributed by atoms with Gasteiger partial charge in [-0.05, 0) is 6.07 Å². The van der Waals surface area contributed by atoms with Crippen LogP contribution in [0.4, 0.5) is 5.69 Å². The van der Waals surface area contributed by atoms with Gasteiger partial charge < -0.3 is 10.6 Å². The second-order valence-corrected chi connectivity index (χ2v) is 3.52. The molecule has 1 aliphatic heterocycles. The summed E-state index contributed by atoms with van der Waals surface area (Å²) in [6, 6.07) is 1.50. The van der Waals surface area contributed by atoms with Gasteiger partial charge in [0.2, 0.25) is 5.91 Å². The molecule has 1 saturated heterocycles. The van der Waals surface area contributed by atoms with Gasteiger partial charge in [-0.1, -0.05) is 0 Å². The maximum atomic E-state index is 11.6. The average molecular weight is 205 g/mol. The van der Waals surface area contributed by atoms with E-state index in [0.29, 0.717) is 30.5 Å². The number of carbonyl (C=O) groups is 2. The third-order valence-corrected chi connectivity index (χ3v) is 2.40. The largest absolute Gasteiger partial charge is 0.326 e. The van der Waals surface area contributed by atoms with Crippen molar-refractivity contribution in [2.45, 2.75) is 12.5 Å². The predicted octanol–water partition coefficient (Wildman–Crippen LogP) is -0.0419. The van der Waals surface area contributed by atoms with Gasteiger partial charge >= 0.3 is 0 Å². The summed E-state index contributed by atoms with van der Waals surface area (Å²) in [6.07, 6.45) is 4.03. The highest BCUT2D eigenvalue weighted by Crippen LogP contribution is 2.22. The van der Waals surface area contributed by atoms with Crippen LogP contribution in [0.3, 0.4) is 0 Å². The Bertz CT molecular complexity index is 405. The highest BCUT2D eigenvalue weighted by molar-refractivity contribution is 6.00. The van der Waals surface area contributed by atoms with E-state index in [4.69, 9.17) is 5.73 Å². The number of aldehydes is 1. The number of nitrogens with zero attached hydrogens (tertiary/aromatic N) is 2. The molecular formula is C10H11N3O2. The predicted molar refractivity (Wildman–Crippen MR) is 54.6 cm³/mol. The van der Waals surface area contributed by atoms with E-state index in [2.05, 4.69) is 4.98 Å². The summed E-state index contributed by atoms with van der Waals surface area (Å²) < 4.78 is 0. The van der Waals surface area contributed by atoms with Gasteiger partial charge in [0.25, 0.3) is 0 Å². The number of carbonyl (C=O) groups excluding carboxylic acids is 2. The van der Waals surface area contributed by atoms with Crippen molar-refractivity contribution in [3.63, 3.8) is 0 Å². The number of anilines is 1. The molecule has 0 saturated carbocycles. The van der Waals surface area contributed by atoms with Crippen molar-refractivity contribution < 1.29 is 9.59 Å². The lowest BCUT2D eigenvalue weighted by Crippen LogP contribution is -2.28. The molecule has 1 aromatic rings. The van der Waals surface area contributed by atoms with Crippen molar-refractivity contribution >= 4 is 17.9 Å². The molecule has 0 aliphatic carbocycles. The van der Waals surface area contributed by atoms with Gasteiger partial charge in [-0.3, -0.25) is 14.6 Å². The van der Waals surface area contributed by atoms with Gasteiger partial charge in [-0.15, -0.1) is 0 Å². The standard InChI is InChI=1S/C10H11N3O2/c11-8-3-10(15)13(5-8)9-1-2-12-4-7(9)6-14/h1-2,4,6,8H,3,5,11H2. The summed E-state index contributed by atoms with van der Waals surface area (Å²) in [7, 11) is 0. The summed E-state index contributed by atoms with van der Waals surface area (Å²) in [5, 5.41) is 0. The lowest BCUT2D eigenvalue weighted by atomic mass is 10.2. The highest BCUT2D eigenvalue weighted by Gasteiger charge is 2.29. The summed E-state index contributed by atoms with van der Waals surface area (Å²) in [5.74, 6) is -0.0446. The van der Waals surface area contributed by atoms with Gasteiger partial charge in [0.1, 0.15) is 0 Å². The van der Waals surface area contributed by atoms with E-state index >= 15 is 0 Å². The Hall–Kier alpha value is -1.75. The van der Waals surface area contributed by atoms with E-state index in [0.717, 1.165) is 0 Å². The Labute approximate surface area is 86.9 Å². The van der Waals surface area contributed by atoms with E-state index in [9.17, 15) is 9.59 Å². The fourth-order valence-electron chi connectivity index (χ4n) is 1.70. The summed E-state index contributed by atoms with van der Waals surface area (Å²) in [6.45, 7) is 0.462. The molecule has 1 aromatic heterocycles. The van der Waals surface area contributed by atoms with Crippen LogP contribution < -0.4 is 10.6 Å². The maximum absolute atomic E-state index is 11.6. The van der Waals surface area contributed by atoms with Crippen LogP contribution in [0.25, 0.3) is 0 Å². The van der Waals surface area contributed by atoms with Crippen molar-refractivity contribution in [2.75, 3.05) is 11.4 Å². The molecule has 1 atom stereocenters. The molecule has 5 heteroatoms. The average Bonchev–Trinajstić information content (AvgIpc) is 2.57. The number of aromatic nitrogens is 1. The molecule has 0 radical (unpaired) electrons. The van der Waals surface area contributed by atoms with Crippen LogP contribution in [-0.4, -0.2) is 29.8 Å². The van der Waals surface area contributed by atoms with E-state index in [-0.39, 0.29) is 11.9 Å². The molecule has 0 bridgehead atoms. The second kappa shape index (κ2) is 3.78. The fraction of sp³-hybridized carbons (Fsp3) is 0.300. The van der Waals surface area contributed by atoms with Crippen LogP contribution in [-0.2, 0) is 4.79 Å². The van der Waals surface area contributed by atoms with Gasteiger partial charge in [0, 0.05) is 31.4 Å². The van der Waals surface area contributed by atoms with Crippen molar-refractivity contribution in [1.82, 2.24) is 4.98 Å². The number of pyridine rings is 1. The molecule has 1 fully saturated rings. The first-order valence-corrected chi connectivity index (χ1v) is 4.67. The molecular weight excluding hydrogens is 194 g/mol. The quantitative estimate of drug-likeness (QED) is 0.687. The molecule has 1 amide bonds. The van der Waals surface area contributed by atoms with E-state index < -0.39 is 0 Å². The van der Waals surface area contributed by atoms with Crippen molar-refractivity contribution in [3.8, 4) is 0 Å². The lowest BCUT2D eigenvalue weighted by molar-refractivity contribution is -0.117. The number of hydrogen-bond donors (Lipinski definition) is 1. The minimum atomic E-state index is -0.148. The summed E-state index contributed by atoms with van der Waals surface area (Å²) in [4.78, 5) is 27.7. The molecule has 1 aliphatic rings. The van der Waals surface area contributed by atoms with Crippen LogP contribution in [0.15, 0.2) is 18.5 Å². The van der Waals surface area contributed by atoms with Gasteiger partial charge in [-0.2, -0.15) is 0 Å². The minimum Gasteiger partial charge on any atom is -0.326 e. The minimum absolute atomic E-state index is 0.0446. The Morgan fingerprint density at radius 1 is 1.60 bits per heavy atom. The first-order chi connectivity index (χ1) is 7.22. The zero-order valence-electron chi connectivity index (χ0n) is 8.09. The Morgan fingerprint density at radius 3 is 3.00 bits per heavy atom. The van der Waals surface area contributed by atoms with Gasteiger partial charge in [0.05, 0.1) is 11.3 Å². The summed E-state index contributed by atoms with van der Waals surface area (Å²) >= 11 is 0. The Kier molecular flexibility index (Phi) is 2.47. The number of nitrogens with two attached hydrogens (primary N) is 1. The molecule has 78 valence electrons. The van der Waals surface area contributed by atoms with Crippen LogP contribution in [0.2, 0.25) is 0 Å². The highest BCUT2D eigenvalue weighted by atomic mass is 16.2. The molecule has 15 heavy (non-hydrogen) atoms. The number of hydrogen-bond acceptors (Lipinski definition) is 4. The van der Waals surface area contributed by atoms with Crippen molar-refractivity contribution in [3.05, 3.63) is 24.0 Å². The molecule has 0 spiro atoms. The Balaban J connectivity index is 2.37. The smallest absolute Gasteiger partial charge is 0.228 e. The van der Waals surface area contributed by atoms with E-state index in [1.165, 1.54) is 11.1 Å². The molecule has 5 nitrogen and oxygen atoms in total. The van der Waals surface area contributed by atoms with E-state index in [1.54, 1.807) is 12.3 Å². The third-order valence-electron chi connectivity index (χ3n) is 2.40. The molecule has 2 heterocycles. The van der Waals surface area contributed by atoms with Crippen molar-refractivity contribution in [2.24, 2.45) is 5.73 Å². The van der Waals surface area contributed by atoms with Gasteiger partial charge in [-0.25, -0.2) is 0 Å². The van der Waals surface area contributed by atoms with Crippen LogP contribution in [0.1, 0.15) is 16.8 Å². The number of amides is 1. The first-order valence-electron chi connectivity index (χ1n) is 4.67. The first kappa shape index (κ1) is 9.79. The van der Waals surface area contributed by atoms with Crippen LogP contribution in [0, 0.1) is 0 Å². The Morgan fingerprint density at radius 2 is 2.40 bits per heavy atom. The van der Waals surface area contributed by atoms with Crippen LogP contribution >= 0.6 is 0 Å². The van der Waals surface area contributed by atoms with Crippen LogP contribution in [0.5, 0.6) is 0 Å².